The van der Waals surface area contributed by atoms with E-state index in [1.165, 1.54) is 13.8 Å². The Morgan fingerprint density at radius 3 is 1.89 bits per heavy atom. The summed E-state index contributed by atoms with van der Waals surface area (Å²) in [5, 5.41) is 15.0. The zero-order chi connectivity index (χ0) is 26.4. The highest BCUT2D eigenvalue weighted by Gasteiger charge is 2.38. The van der Waals surface area contributed by atoms with E-state index in [9.17, 15) is 14.7 Å². The lowest BCUT2D eigenvalue weighted by Gasteiger charge is -2.41. The molecule has 8 heteroatoms. The van der Waals surface area contributed by atoms with E-state index in [4.69, 9.17) is 9.47 Å². The van der Waals surface area contributed by atoms with Crippen LogP contribution in [0, 0.1) is 5.92 Å². The second-order valence-corrected chi connectivity index (χ2v) is 10.2. The van der Waals surface area contributed by atoms with Gasteiger partial charge in [-0.15, -0.1) is 11.8 Å². The summed E-state index contributed by atoms with van der Waals surface area (Å²) in [6.45, 7) is 5.09. The highest BCUT2D eigenvalue weighted by atomic mass is 32.2. The molecule has 0 aromatic heterocycles. The molecule has 4 unspecified atom stereocenters. The Morgan fingerprint density at radius 1 is 0.811 bits per heavy atom. The zero-order valence-corrected chi connectivity index (χ0v) is 22.0. The van der Waals surface area contributed by atoms with Gasteiger partial charge >= 0.3 is 0 Å². The SMILES string of the molecule is CC(=O)Nc1ccc(SCC2OC(c3ccc(NC(C)=O)cc3)OC(c3ccc(CO)cc3)C2C)cc1. The van der Waals surface area contributed by atoms with E-state index in [0.29, 0.717) is 5.69 Å². The van der Waals surface area contributed by atoms with Gasteiger partial charge in [-0.1, -0.05) is 43.3 Å². The summed E-state index contributed by atoms with van der Waals surface area (Å²) in [6.07, 6.45) is -0.872. The maximum Gasteiger partial charge on any atom is 0.221 e. The van der Waals surface area contributed by atoms with Crippen molar-refractivity contribution in [1.29, 1.82) is 0 Å². The number of anilines is 2. The number of benzene rings is 3. The Kier molecular flexibility index (Phi) is 9.00. The van der Waals surface area contributed by atoms with Gasteiger partial charge in [0.05, 0.1) is 18.8 Å². The first-order valence-corrected chi connectivity index (χ1v) is 13.2. The summed E-state index contributed by atoms with van der Waals surface area (Å²) >= 11 is 1.69. The fourth-order valence-corrected chi connectivity index (χ4v) is 5.32. The van der Waals surface area contributed by atoms with Gasteiger partial charge in [-0.2, -0.15) is 0 Å². The third kappa shape index (κ3) is 7.20. The van der Waals surface area contributed by atoms with E-state index in [1.807, 2.05) is 72.8 Å². The number of ether oxygens (including phenoxy) is 2. The Morgan fingerprint density at radius 2 is 1.35 bits per heavy atom. The van der Waals surface area contributed by atoms with E-state index in [-0.39, 0.29) is 36.5 Å². The van der Waals surface area contributed by atoms with E-state index in [0.717, 1.165) is 33.0 Å². The number of hydrogen-bond acceptors (Lipinski definition) is 6. The average Bonchev–Trinajstić information content (AvgIpc) is 2.89. The van der Waals surface area contributed by atoms with Crippen molar-refractivity contribution in [3.8, 4) is 0 Å². The molecular weight excluding hydrogens is 488 g/mol. The van der Waals surface area contributed by atoms with Crippen molar-refractivity contribution < 1.29 is 24.2 Å². The maximum atomic E-state index is 11.4. The predicted octanol–water partition coefficient (Wildman–Crippen LogP) is 5.68. The number of carbonyl (C=O) groups excluding carboxylic acids is 2. The molecule has 3 N–H and O–H groups in total. The summed E-state index contributed by atoms with van der Waals surface area (Å²) in [6, 6.07) is 23.1. The normalized spacial score (nSPS) is 21.3. The van der Waals surface area contributed by atoms with Crippen molar-refractivity contribution in [2.24, 2.45) is 5.92 Å². The monoisotopic (exact) mass is 520 g/mol. The molecular formula is C29H32N2O5S. The van der Waals surface area contributed by atoms with Crippen LogP contribution in [0.4, 0.5) is 11.4 Å². The zero-order valence-electron chi connectivity index (χ0n) is 21.1. The van der Waals surface area contributed by atoms with E-state index >= 15 is 0 Å². The molecule has 0 saturated carbocycles. The fourth-order valence-electron chi connectivity index (χ4n) is 4.25. The van der Waals surface area contributed by atoms with Gasteiger partial charge in [0.2, 0.25) is 11.8 Å². The minimum Gasteiger partial charge on any atom is -0.392 e. The molecule has 4 rings (SSSR count). The first-order chi connectivity index (χ1) is 17.8. The minimum absolute atomic E-state index is 0.00622. The van der Waals surface area contributed by atoms with Crippen LogP contribution in [-0.4, -0.2) is 28.8 Å². The van der Waals surface area contributed by atoms with Crippen LogP contribution in [0.5, 0.6) is 0 Å². The first-order valence-electron chi connectivity index (χ1n) is 12.2. The van der Waals surface area contributed by atoms with Crippen molar-refractivity contribution in [3.63, 3.8) is 0 Å². The van der Waals surface area contributed by atoms with Gasteiger partial charge in [-0.05, 0) is 47.5 Å². The van der Waals surface area contributed by atoms with Crippen LogP contribution >= 0.6 is 11.8 Å². The lowest BCUT2D eigenvalue weighted by molar-refractivity contribution is -0.268. The summed E-state index contributed by atoms with van der Waals surface area (Å²) in [4.78, 5) is 23.7. The number of amides is 2. The van der Waals surface area contributed by atoms with Crippen LogP contribution in [0.25, 0.3) is 0 Å². The van der Waals surface area contributed by atoms with Crippen LogP contribution < -0.4 is 10.6 Å². The third-order valence-corrected chi connectivity index (χ3v) is 7.32. The fraction of sp³-hybridized carbons (Fsp3) is 0.310. The molecule has 1 heterocycles. The van der Waals surface area contributed by atoms with Crippen molar-refractivity contribution in [2.75, 3.05) is 16.4 Å². The molecule has 4 atom stereocenters. The average molecular weight is 521 g/mol. The van der Waals surface area contributed by atoms with E-state index in [1.54, 1.807) is 11.8 Å². The van der Waals surface area contributed by atoms with Gasteiger partial charge in [0.1, 0.15) is 0 Å². The van der Waals surface area contributed by atoms with Crippen molar-refractivity contribution in [2.45, 2.75) is 50.8 Å². The molecule has 1 saturated heterocycles. The number of aliphatic hydroxyl groups excluding tert-OH is 1. The number of carbonyl (C=O) groups is 2. The molecule has 0 spiro atoms. The molecule has 0 aliphatic carbocycles. The molecule has 1 aliphatic rings. The molecule has 37 heavy (non-hydrogen) atoms. The van der Waals surface area contributed by atoms with Gasteiger partial charge in [0, 0.05) is 47.4 Å². The smallest absolute Gasteiger partial charge is 0.221 e. The largest absolute Gasteiger partial charge is 0.392 e. The molecule has 194 valence electrons. The van der Waals surface area contributed by atoms with Gasteiger partial charge in [0.15, 0.2) is 6.29 Å². The Balaban J connectivity index is 1.53. The minimum atomic E-state index is -0.571. The highest BCUT2D eigenvalue weighted by molar-refractivity contribution is 7.99. The number of thioether (sulfide) groups is 1. The van der Waals surface area contributed by atoms with Crippen LogP contribution in [-0.2, 0) is 25.7 Å². The molecule has 7 nitrogen and oxygen atoms in total. The Hall–Kier alpha value is -3.17. The van der Waals surface area contributed by atoms with Crippen LogP contribution in [0.3, 0.4) is 0 Å². The van der Waals surface area contributed by atoms with Crippen molar-refractivity contribution in [1.82, 2.24) is 0 Å². The topological polar surface area (TPSA) is 96.9 Å². The standard InChI is InChI=1S/C29H32N2O5S/c1-18-27(17-37-26-14-12-25(13-15-26)31-20(3)34)35-29(23-8-10-24(11-9-23)30-19(2)33)36-28(18)22-6-4-21(16-32)5-7-22/h4-15,18,27-29,32H,16-17H2,1-3H3,(H,30,33)(H,31,34). The number of hydrogen-bond donors (Lipinski definition) is 3. The Labute approximate surface area is 221 Å². The second kappa shape index (κ2) is 12.4. The quantitative estimate of drug-likeness (QED) is 0.331. The molecule has 1 aliphatic heterocycles. The summed E-state index contributed by atoms with van der Waals surface area (Å²) < 4.78 is 13.0. The van der Waals surface area contributed by atoms with Gasteiger partial charge < -0.3 is 25.2 Å². The number of nitrogens with one attached hydrogen (secondary N) is 2. The van der Waals surface area contributed by atoms with Crippen LogP contribution in [0.1, 0.15) is 49.9 Å². The molecule has 3 aromatic rings. The molecule has 0 radical (unpaired) electrons. The van der Waals surface area contributed by atoms with E-state index < -0.39 is 6.29 Å². The maximum absolute atomic E-state index is 11.4. The number of rotatable bonds is 8. The van der Waals surface area contributed by atoms with Gasteiger partial charge in [-0.25, -0.2) is 0 Å². The highest BCUT2D eigenvalue weighted by Crippen LogP contribution is 2.43. The molecule has 1 fully saturated rings. The van der Waals surface area contributed by atoms with Crippen molar-refractivity contribution >= 4 is 35.0 Å². The Bertz CT molecular complexity index is 1200. The third-order valence-electron chi connectivity index (χ3n) is 6.22. The lowest BCUT2D eigenvalue weighted by atomic mass is 9.91. The van der Waals surface area contributed by atoms with Crippen molar-refractivity contribution in [3.05, 3.63) is 89.5 Å². The van der Waals surface area contributed by atoms with Crippen LogP contribution in [0.15, 0.2) is 77.7 Å². The molecule has 0 bridgehead atoms. The first kappa shape index (κ1) is 26.9. The van der Waals surface area contributed by atoms with Gasteiger partial charge in [0.25, 0.3) is 0 Å². The lowest BCUT2D eigenvalue weighted by Crippen LogP contribution is -2.38. The summed E-state index contributed by atoms with van der Waals surface area (Å²) in [5.41, 5.74) is 4.23. The predicted molar refractivity (Wildman–Crippen MR) is 145 cm³/mol. The second-order valence-electron chi connectivity index (χ2n) is 9.14. The summed E-state index contributed by atoms with van der Waals surface area (Å²) in [5.74, 6) is 0.566. The molecule has 3 aromatic carbocycles. The van der Waals surface area contributed by atoms with E-state index in [2.05, 4.69) is 17.6 Å². The molecule has 2 amide bonds. The van der Waals surface area contributed by atoms with Gasteiger partial charge in [-0.3, -0.25) is 9.59 Å². The van der Waals surface area contributed by atoms with Crippen LogP contribution in [0.2, 0.25) is 0 Å². The summed E-state index contributed by atoms with van der Waals surface area (Å²) in [7, 11) is 0. The number of aliphatic hydroxyl groups is 1.